The first-order valence-electron chi connectivity index (χ1n) is 5.12. The number of carbonyl (C=O) groups excluding carboxylic acids is 1. The Hall–Kier alpha value is -1.56. The Morgan fingerprint density at radius 2 is 2.17 bits per heavy atom. The van der Waals surface area contributed by atoms with Gasteiger partial charge in [-0.25, -0.2) is 0 Å². The van der Waals surface area contributed by atoms with Crippen LogP contribution >= 0.6 is 11.6 Å². The third-order valence-corrected chi connectivity index (χ3v) is 2.48. The SMILES string of the molecule is CCOC(=O)Cc1cc(OC(F)F)cc(N)c1Cl. The summed E-state index contributed by atoms with van der Waals surface area (Å²) in [5, 5.41) is 0.129. The molecule has 18 heavy (non-hydrogen) atoms. The number of halogens is 3. The number of alkyl halides is 2. The Morgan fingerprint density at radius 1 is 1.50 bits per heavy atom. The summed E-state index contributed by atoms with van der Waals surface area (Å²) in [7, 11) is 0. The number of nitrogen functional groups attached to an aromatic ring is 1. The summed E-state index contributed by atoms with van der Waals surface area (Å²) >= 11 is 5.87. The number of esters is 1. The third-order valence-electron chi connectivity index (χ3n) is 2.01. The fourth-order valence-corrected chi connectivity index (χ4v) is 1.52. The van der Waals surface area contributed by atoms with E-state index in [4.69, 9.17) is 22.1 Å². The minimum atomic E-state index is -2.97. The third kappa shape index (κ3) is 4.03. The number of rotatable bonds is 5. The van der Waals surface area contributed by atoms with Gasteiger partial charge in [0.05, 0.1) is 23.7 Å². The van der Waals surface area contributed by atoms with E-state index < -0.39 is 12.6 Å². The van der Waals surface area contributed by atoms with Crippen LogP contribution in [0.4, 0.5) is 14.5 Å². The molecule has 0 radical (unpaired) electrons. The lowest BCUT2D eigenvalue weighted by molar-refractivity contribution is -0.142. The summed E-state index contributed by atoms with van der Waals surface area (Å²) in [5.74, 6) is -0.667. The fourth-order valence-electron chi connectivity index (χ4n) is 1.35. The molecule has 0 aliphatic heterocycles. The van der Waals surface area contributed by atoms with Crippen molar-refractivity contribution in [1.29, 1.82) is 0 Å². The molecule has 0 aromatic heterocycles. The quantitative estimate of drug-likeness (QED) is 0.665. The first-order valence-corrected chi connectivity index (χ1v) is 5.50. The number of anilines is 1. The van der Waals surface area contributed by atoms with E-state index in [-0.39, 0.29) is 35.1 Å². The van der Waals surface area contributed by atoms with Gasteiger partial charge in [-0.2, -0.15) is 8.78 Å². The van der Waals surface area contributed by atoms with Crippen molar-refractivity contribution in [3.05, 3.63) is 22.7 Å². The average Bonchev–Trinajstić information content (AvgIpc) is 2.24. The van der Waals surface area contributed by atoms with Crippen LogP contribution < -0.4 is 10.5 Å². The molecule has 2 N–H and O–H groups in total. The molecule has 0 bridgehead atoms. The lowest BCUT2D eigenvalue weighted by Crippen LogP contribution is -2.09. The maximum Gasteiger partial charge on any atom is 0.387 e. The van der Waals surface area contributed by atoms with Crippen LogP contribution in [0.5, 0.6) is 5.75 Å². The van der Waals surface area contributed by atoms with Gasteiger partial charge in [-0.3, -0.25) is 4.79 Å². The highest BCUT2D eigenvalue weighted by Crippen LogP contribution is 2.30. The lowest BCUT2D eigenvalue weighted by atomic mass is 10.1. The molecule has 1 aromatic rings. The summed E-state index contributed by atoms with van der Waals surface area (Å²) < 4.78 is 33.1. The van der Waals surface area contributed by atoms with Gasteiger partial charge in [-0.15, -0.1) is 0 Å². The highest BCUT2D eigenvalue weighted by atomic mass is 35.5. The van der Waals surface area contributed by atoms with Gasteiger partial charge in [0, 0.05) is 6.07 Å². The molecule has 7 heteroatoms. The van der Waals surface area contributed by atoms with Crippen molar-refractivity contribution in [1.82, 2.24) is 0 Å². The number of nitrogens with two attached hydrogens (primary N) is 1. The van der Waals surface area contributed by atoms with Crippen molar-refractivity contribution in [2.24, 2.45) is 0 Å². The van der Waals surface area contributed by atoms with Crippen LogP contribution in [0.2, 0.25) is 5.02 Å². The molecular formula is C11H12ClF2NO3. The zero-order valence-corrected chi connectivity index (χ0v) is 10.3. The molecule has 0 saturated heterocycles. The number of carbonyl (C=O) groups is 1. The van der Waals surface area contributed by atoms with Crippen molar-refractivity contribution in [3.8, 4) is 5.75 Å². The molecule has 0 aliphatic rings. The summed E-state index contributed by atoms with van der Waals surface area (Å²) in [4.78, 5) is 11.3. The van der Waals surface area contributed by atoms with E-state index in [1.807, 2.05) is 0 Å². The van der Waals surface area contributed by atoms with Crippen LogP contribution in [0, 0.1) is 0 Å². The van der Waals surface area contributed by atoms with Gasteiger partial charge in [-0.05, 0) is 18.6 Å². The first-order chi connectivity index (χ1) is 8.43. The molecule has 0 amide bonds. The van der Waals surface area contributed by atoms with Gasteiger partial charge in [0.15, 0.2) is 0 Å². The Bertz CT molecular complexity index is 441. The second kappa shape index (κ2) is 6.39. The van der Waals surface area contributed by atoms with Crippen LogP contribution in [0.1, 0.15) is 12.5 Å². The second-order valence-electron chi connectivity index (χ2n) is 3.35. The smallest absolute Gasteiger partial charge is 0.387 e. The van der Waals surface area contributed by atoms with Crippen LogP contribution in [0.3, 0.4) is 0 Å². The first kappa shape index (κ1) is 14.5. The molecule has 0 unspecified atom stereocenters. The summed E-state index contributed by atoms with van der Waals surface area (Å²) in [6, 6.07) is 2.41. The van der Waals surface area contributed by atoms with E-state index in [0.717, 1.165) is 0 Å². The van der Waals surface area contributed by atoms with Gasteiger partial charge in [0.25, 0.3) is 0 Å². The van der Waals surface area contributed by atoms with Gasteiger partial charge in [-0.1, -0.05) is 11.6 Å². The highest BCUT2D eigenvalue weighted by Gasteiger charge is 2.14. The van der Waals surface area contributed by atoms with Crippen molar-refractivity contribution in [2.75, 3.05) is 12.3 Å². The van der Waals surface area contributed by atoms with Gasteiger partial charge >= 0.3 is 12.6 Å². The van der Waals surface area contributed by atoms with Crippen LogP contribution in [-0.2, 0) is 16.0 Å². The molecular weight excluding hydrogens is 268 g/mol. The van der Waals surface area contributed by atoms with Crippen LogP contribution in [-0.4, -0.2) is 19.2 Å². The Balaban J connectivity index is 2.95. The van der Waals surface area contributed by atoms with Gasteiger partial charge < -0.3 is 15.2 Å². The normalized spacial score (nSPS) is 10.5. The zero-order valence-electron chi connectivity index (χ0n) is 9.58. The Kier molecular flexibility index (Phi) is 5.15. The summed E-state index contributed by atoms with van der Waals surface area (Å²) in [6.45, 7) is -1.09. The van der Waals surface area contributed by atoms with Gasteiger partial charge in [0.2, 0.25) is 0 Å². The largest absolute Gasteiger partial charge is 0.466 e. The second-order valence-corrected chi connectivity index (χ2v) is 3.72. The lowest BCUT2D eigenvalue weighted by Gasteiger charge is -2.11. The summed E-state index contributed by atoms with van der Waals surface area (Å²) in [5.41, 5.74) is 5.89. The molecule has 4 nitrogen and oxygen atoms in total. The number of ether oxygens (including phenoxy) is 2. The maximum atomic E-state index is 12.1. The predicted octanol–water partition coefficient (Wildman–Crippen LogP) is 2.63. The molecule has 0 atom stereocenters. The number of hydrogen-bond acceptors (Lipinski definition) is 4. The van der Waals surface area contributed by atoms with E-state index in [1.165, 1.54) is 12.1 Å². The average molecular weight is 280 g/mol. The zero-order chi connectivity index (χ0) is 13.7. The predicted molar refractivity (Wildman–Crippen MR) is 62.8 cm³/mol. The summed E-state index contributed by atoms with van der Waals surface area (Å²) in [6.07, 6.45) is -0.155. The van der Waals surface area contributed by atoms with Crippen LogP contribution in [0.25, 0.3) is 0 Å². The Labute approximate surface area is 108 Å². The monoisotopic (exact) mass is 279 g/mol. The molecule has 1 aromatic carbocycles. The van der Waals surface area contributed by atoms with Crippen molar-refractivity contribution < 1.29 is 23.0 Å². The molecule has 100 valence electrons. The molecule has 0 heterocycles. The van der Waals surface area contributed by atoms with E-state index in [9.17, 15) is 13.6 Å². The number of hydrogen-bond donors (Lipinski definition) is 1. The van der Waals surface area contributed by atoms with Gasteiger partial charge in [0.1, 0.15) is 5.75 Å². The molecule has 1 rings (SSSR count). The molecule has 0 spiro atoms. The Morgan fingerprint density at radius 3 is 2.72 bits per heavy atom. The molecule has 0 fully saturated rings. The molecule has 0 saturated carbocycles. The van der Waals surface area contributed by atoms with E-state index >= 15 is 0 Å². The van der Waals surface area contributed by atoms with Crippen molar-refractivity contribution in [3.63, 3.8) is 0 Å². The van der Waals surface area contributed by atoms with E-state index in [2.05, 4.69) is 4.74 Å². The molecule has 0 aliphatic carbocycles. The fraction of sp³-hybridized carbons (Fsp3) is 0.364. The van der Waals surface area contributed by atoms with Crippen molar-refractivity contribution in [2.45, 2.75) is 20.0 Å². The van der Waals surface area contributed by atoms with E-state index in [1.54, 1.807) is 6.92 Å². The van der Waals surface area contributed by atoms with Crippen molar-refractivity contribution >= 4 is 23.3 Å². The highest BCUT2D eigenvalue weighted by molar-refractivity contribution is 6.34. The minimum Gasteiger partial charge on any atom is -0.466 e. The number of benzene rings is 1. The van der Waals surface area contributed by atoms with Crippen LogP contribution in [0.15, 0.2) is 12.1 Å². The maximum absolute atomic E-state index is 12.1. The minimum absolute atomic E-state index is 0.0640. The van der Waals surface area contributed by atoms with E-state index in [0.29, 0.717) is 0 Å². The standard InChI is InChI=1S/C11H12ClF2NO3/c1-2-17-9(16)4-6-3-7(18-11(13)14)5-8(15)10(6)12/h3,5,11H,2,4,15H2,1H3. The topological polar surface area (TPSA) is 61.5 Å².